The number of rotatable bonds is 10. The molecule has 1 heterocycles. The Hall–Kier alpha value is -3.39. The standard InChI is InChI=1S/C26H33N3O5/c1-18(30)14-28-26(33)22-17-29(15-20-10-6-7-11-23(20)34-2)16-21(24(22)31)25(32)27-13-12-19-8-4-3-5-9-19/h6-8,10-11,16-18,30H,3-5,9,12-15H2,1-2H3,(H,27,32)(H,28,33). The molecular formula is C26H33N3O5. The smallest absolute Gasteiger partial charge is 0.256 e. The highest BCUT2D eigenvalue weighted by Gasteiger charge is 2.20. The van der Waals surface area contributed by atoms with Crippen molar-refractivity contribution in [1.29, 1.82) is 0 Å². The first-order valence-electron chi connectivity index (χ1n) is 11.7. The van der Waals surface area contributed by atoms with Gasteiger partial charge in [-0.25, -0.2) is 0 Å². The Morgan fingerprint density at radius 3 is 2.47 bits per heavy atom. The highest BCUT2D eigenvalue weighted by atomic mass is 16.5. The Balaban J connectivity index is 1.86. The summed E-state index contributed by atoms with van der Waals surface area (Å²) in [6, 6.07) is 7.41. The quantitative estimate of drug-likeness (QED) is 0.466. The number of ether oxygens (including phenoxy) is 1. The number of allylic oxidation sites excluding steroid dienone is 1. The predicted octanol–water partition coefficient (Wildman–Crippen LogP) is 2.64. The second kappa shape index (κ2) is 12.2. The van der Waals surface area contributed by atoms with Crippen LogP contribution in [0.25, 0.3) is 0 Å². The molecular weight excluding hydrogens is 434 g/mol. The molecule has 0 saturated heterocycles. The van der Waals surface area contributed by atoms with Gasteiger partial charge in [0.05, 0.1) is 19.8 Å². The number of benzene rings is 1. The fourth-order valence-electron chi connectivity index (χ4n) is 3.98. The van der Waals surface area contributed by atoms with Gasteiger partial charge in [-0.2, -0.15) is 0 Å². The van der Waals surface area contributed by atoms with Crippen LogP contribution >= 0.6 is 0 Å². The zero-order valence-corrected chi connectivity index (χ0v) is 19.8. The summed E-state index contributed by atoms with van der Waals surface area (Å²) in [4.78, 5) is 38.7. The van der Waals surface area contributed by atoms with Crippen molar-refractivity contribution >= 4 is 11.8 Å². The fourth-order valence-corrected chi connectivity index (χ4v) is 3.98. The van der Waals surface area contributed by atoms with E-state index in [9.17, 15) is 19.5 Å². The Labute approximate surface area is 199 Å². The lowest BCUT2D eigenvalue weighted by Gasteiger charge is -2.15. The topological polar surface area (TPSA) is 110 Å². The molecule has 34 heavy (non-hydrogen) atoms. The molecule has 1 aliphatic rings. The minimum absolute atomic E-state index is 0.00365. The van der Waals surface area contributed by atoms with Gasteiger partial charge in [-0.15, -0.1) is 0 Å². The van der Waals surface area contributed by atoms with E-state index in [-0.39, 0.29) is 17.7 Å². The van der Waals surface area contributed by atoms with E-state index in [2.05, 4.69) is 16.7 Å². The lowest BCUT2D eigenvalue weighted by molar-refractivity contribution is 0.0922. The zero-order valence-electron chi connectivity index (χ0n) is 19.8. The van der Waals surface area contributed by atoms with Crippen molar-refractivity contribution in [1.82, 2.24) is 15.2 Å². The first kappa shape index (κ1) is 25.2. The number of nitrogens with one attached hydrogen (secondary N) is 2. The van der Waals surface area contributed by atoms with Gasteiger partial charge < -0.3 is 25.0 Å². The van der Waals surface area contributed by atoms with E-state index < -0.39 is 23.3 Å². The van der Waals surface area contributed by atoms with Crippen LogP contribution in [0.15, 0.2) is 53.1 Å². The van der Waals surface area contributed by atoms with Gasteiger partial charge in [0.15, 0.2) is 0 Å². The van der Waals surface area contributed by atoms with Crippen LogP contribution in [0.3, 0.4) is 0 Å². The largest absolute Gasteiger partial charge is 0.496 e. The van der Waals surface area contributed by atoms with Crippen molar-refractivity contribution in [3.63, 3.8) is 0 Å². The second-order valence-electron chi connectivity index (χ2n) is 8.57. The maximum Gasteiger partial charge on any atom is 0.256 e. The summed E-state index contributed by atoms with van der Waals surface area (Å²) in [5.41, 5.74) is 1.26. The summed E-state index contributed by atoms with van der Waals surface area (Å²) < 4.78 is 7.04. The number of hydrogen-bond acceptors (Lipinski definition) is 5. The number of nitrogens with zero attached hydrogens (tertiary/aromatic N) is 1. The Morgan fingerprint density at radius 2 is 1.82 bits per heavy atom. The first-order valence-corrected chi connectivity index (χ1v) is 11.7. The molecule has 2 amide bonds. The van der Waals surface area contributed by atoms with Crippen molar-refractivity contribution in [2.45, 2.75) is 51.7 Å². The van der Waals surface area contributed by atoms with Crippen LogP contribution in [-0.4, -0.2) is 47.8 Å². The molecule has 2 aromatic rings. The molecule has 1 atom stereocenters. The fraction of sp³-hybridized carbons (Fsp3) is 0.423. The molecule has 182 valence electrons. The molecule has 0 aliphatic heterocycles. The Morgan fingerprint density at radius 1 is 1.12 bits per heavy atom. The summed E-state index contributed by atoms with van der Waals surface area (Å²) in [5.74, 6) is -0.491. The summed E-state index contributed by atoms with van der Waals surface area (Å²) in [7, 11) is 1.57. The summed E-state index contributed by atoms with van der Waals surface area (Å²) >= 11 is 0. The third-order valence-corrected chi connectivity index (χ3v) is 5.79. The number of aliphatic hydroxyl groups is 1. The molecule has 3 rings (SSSR count). The first-order chi connectivity index (χ1) is 16.4. The number of carbonyl (C=O) groups excluding carboxylic acids is 2. The minimum atomic E-state index is -0.764. The number of para-hydroxylation sites is 1. The maximum absolute atomic E-state index is 13.1. The molecule has 1 unspecified atom stereocenters. The number of methoxy groups -OCH3 is 1. The second-order valence-corrected chi connectivity index (χ2v) is 8.57. The van der Waals surface area contributed by atoms with Crippen LogP contribution in [0.4, 0.5) is 0 Å². The normalized spacial score (nSPS) is 14.1. The molecule has 0 spiro atoms. The van der Waals surface area contributed by atoms with Crippen molar-refractivity contribution in [2.24, 2.45) is 0 Å². The predicted molar refractivity (Wildman–Crippen MR) is 130 cm³/mol. The SMILES string of the molecule is COc1ccccc1Cn1cc(C(=O)NCCC2=CCCCC2)c(=O)c(C(=O)NCC(C)O)c1. The Bertz CT molecular complexity index is 1100. The number of pyridine rings is 1. The number of carbonyl (C=O) groups is 2. The van der Waals surface area contributed by atoms with E-state index in [4.69, 9.17) is 4.74 Å². The molecule has 1 aliphatic carbocycles. The van der Waals surface area contributed by atoms with E-state index in [0.29, 0.717) is 18.8 Å². The van der Waals surface area contributed by atoms with Crippen molar-refractivity contribution in [3.05, 3.63) is 75.2 Å². The van der Waals surface area contributed by atoms with Gasteiger partial charge in [-0.1, -0.05) is 29.8 Å². The zero-order chi connectivity index (χ0) is 24.5. The van der Waals surface area contributed by atoms with Crippen LogP contribution in [0, 0.1) is 0 Å². The molecule has 1 aromatic carbocycles. The number of amides is 2. The molecule has 8 heteroatoms. The van der Waals surface area contributed by atoms with Gasteiger partial charge in [-0.05, 0) is 45.1 Å². The number of aliphatic hydroxyl groups excluding tert-OH is 1. The minimum Gasteiger partial charge on any atom is -0.496 e. The van der Waals surface area contributed by atoms with Gasteiger partial charge in [0.1, 0.15) is 16.9 Å². The van der Waals surface area contributed by atoms with Gasteiger partial charge in [0.2, 0.25) is 5.43 Å². The maximum atomic E-state index is 13.1. The van der Waals surface area contributed by atoms with E-state index in [0.717, 1.165) is 31.2 Å². The molecule has 0 bridgehead atoms. The van der Waals surface area contributed by atoms with Crippen molar-refractivity contribution < 1.29 is 19.4 Å². The molecule has 8 nitrogen and oxygen atoms in total. The lowest BCUT2D eigenvalue weighted by Crippen LogP contribution is -2.37. The third kappa shape index (κ3) is 6.81. The molecule has 3 N–H and O–H groups in total. The van der Waals surface area contributed by atoms with E-state index in [1.165, 1.54) is 31.3 Å². The van der Waals surface area contributed by atoms with Gasteiger partial charge in [-0.3, -0.25) is 14.4 Å². The van der Waals surface area contributed by atoms with Gasteiger partial charge in [0, 0.05) is 31.0 Å². The van der Waals surface area contributed by atoms with E-state index in [1.807, 2.05) is 24.3 Å². The van der Waals surface area contributed by atoms with Crippen LogP contribution < -0.4 is 20.8 Å². The van der Waals surface area contributed by atoms with Crippen LogP contribution in [0.5, 0.6) is 5.75 Å². The number of hydrogen-bond donors (Lipinski definition) is 3. The summed E-state index contributed by atoms with van der Waals surface area (Å²) in [6.07, 6.45) is 9.58. The highest BCUT2D eigenvalue weighted by Crippen LogP contribution is 2.20. The van der Waals surface area contributed by atoms with Crippen molar-refractivity contribution in [2.75, 3.05) is 20.2 Å². The van der Waals surface area contributed by atoms with Crippen LogP contribution in [-0.2, 0) is 6.54 Å². The number of aromatic nitrogens is 1. The summed E-state index contributed by atoms with van der Waals surface area (Å²) in [6.45, 7) is 2.26. The van der Waals surface area contributed by atoms with Gasteiger partial charge >= 0.3 is 0 Å². The van der Waals surface area contributed by atoms with Crippen LogP contribution in [0.2, 0.25) is 0 Å². The Kier molecular flexibility index (Phi) is 9.04. The monoisotopic (exact) mass is 467 g/mol. The molecule has 1 aromatic heterocycles. The van der Waals surface area contributed by atoms with Crippen molar-refractivity contribution in [3.8, 4) is 5.75 Å². The molecule has 0 fully saturated rings. The molecule has 0 saturated carbocycles. The lowest BCUT2D eigenvalue weighted by atomic mass is 9.97. The van der Waals surface area contributed by atoms with Gasteiger partial charge in [0.25, 0.3) is 11.8 Å². The molecule has 0 radical (unpaired) electrons. The van der Waals surface area contributed by atoms with E-state index >= 15 is 0 Å². The average molecular weight is 468 g/mol. The third-order valence-electron chi connectivity index (χ3n) is 5.79. The van der Waals surface area contributed by atoms with Crippen LogP contribution in [0.1, 0.15) is 65.3 Å². The average Bonchev–Trinajstić information content (AvgIpc) is 2.84. The van der Waals surface area contributed by atoms with E-state index in [1.54, 1.807) is 11.7 Å². The summed E-state index contributed by atoms with van der Waals surface area (Å²) in [5, 5.41) is 14.9. The highest BCUT2D eigenvalue weighted by molar-refractivity contribution is 5.99.